The molecule has 2 aromatic rings. The second kappa shape index (κ2) is 4.87. The van der Waals surface area contributed by atoms with Crippen LogP contribution in [0.4, 0.5) is 10.1 Å². The molecule has 0 saturated carbocycles. The van der Waals surface area contributed by atoms with Crippen LogP contribution in [-0.2, 0) is 5.41 Å². The largest absolute Gasteiger partial charge is 0.289 e. The summed E-state index contributed by atoms with van der Waals surface area (Å²) in [4.78, 5) is 12.6. The fourth-order valence-electron chi connectivity index (χ4n) is 3.03. The zero-order valence-electron chi connectivity index (χ0n) is 13.3. The summed E-state index contributed by atoms with van der Waals surface area (Å²) in [6, 6.07) is 11.5. The molecule has 1 heterocycles. The van der Waals surface area contributed by atoms with Gasteiger partial charge in [0.15, 0.2) is 11.5 Å². The second-order valence-corrected chi connectivity index (χ2v) is 6.34. The third kappa shape index (κ3) is 2.08. The van der Waals surface area contributed by atoms with Crippen LogP contribution < -0.4 is 0 Å². The summed E-state index contributed by atoms with van der Waals surface area (Å²) in [6.45, 7) is 6.44. The monoisotopic (exact) mass is 296 g/mol. The molecule has 3 rings (SSSR count). The Bertz CT molecular complexity index is 801. The summed E-state index contributed by atoms with van der Waals surface area (Å²) in [6.07, 6.45) is 0. The fourth-order valence-corrected chi connectivity index (χ4v) is 3.03. The van der Waals surface area contributed by atoms with E-state index in [4.69, 9.17) is 0 Å². The molecule has 0 unspecified atom stereocenters. The Morgan fingerprint density at radius 2 is 1.64 bits per heavy atom. The molecule has 0 aliphatic carbocycles. The topological polar surface area (TPSA) is 20.1 Å². The summed E-state index contributed by atoms with van der Waals surface area (Å²) < 4.78 is 15.2. The summed E-state index contributed by atoms with van der Waals surface area (Å²) in [5.74, 6) is -0.413. The van der Waals surface area contributed by atoms with Crippen molar-refractivity contribution in [1.29, 1.82) is 0 Å². The molecular formula is C19H19FNO+. The van der Waals surface area contributed by atoms with Crippen molar-refractivity contribution < 1.29 is 13.8 Å². The third-order valence-corrected chi connectivity index (χ3v) is 4.81. The number of nitrogens with zero attached hydrogens (tertiary/aromatic N) is 1. The number of hydrogen-bond acceptors (Lipinski definition) is 1. The highest BCUT2D eigenvalue weighted by molar-refractivity contribution is 6.09. The van der Waals surface area contributed by atoms with E-state index in [9.17, 15) is 9.18 Å². The van der Waals surface area contributed by atoms with Crippen LogP contribution >= 0.6 is 0 Å². The number of benzene rings is 2. The molecule has 0 N–H and O–H groups in total. The number of rotatable bonds is 2. The van der Waals surface area contributed by atoms with Crippen molar-refractivity contribution >= 4 is 17.2 Å². The predicted octanol–water partition coefficient (Wildman–Crippen LogP) is 4.08. The van der Waals surface area contributed by atoms with E-state index in [-0.39, 0.29) is 17.0 Å². The van der Waals surface area contributed by atoms with Crippen LogP contribution in [0.25, 0.3) is 0 Å². The Labute approximate surface area is 129 Å². The third-order valence-electron chi connectivity index (χ3n) is 4.81. The van der Waals surface area contributed by atoms with Gasteiger partial charge in [0.05, 0.1) is 5.41 Å². The molecule has 0 bridgehead atoms. The second-order valence-electron chi connectivity index (χ2n) is 6.34. The maximum absolute atomic E-state index is 13.0. The number of fused-ring (bicyclic) bond motifs is 1. The first kappa shape index (κ1) is 14.6. The minimum Gasteiger partial charge on any atom is -0.289 e. The van der Waals surface area contributed by atoms with Crippen LogP contribution in [0.1, 0.15) is 42.3 Å². The van der Waals surface area contributed by atoms with Crippen LogP contribution in [-0.4, -0.2) is 23.1 Å². The zero-order valence-corrected chi connectivity index (χ0v) is 13.3. The average Bonchev–Trinajstić information content (AvgIpc) is 2.68. The normalized spacial score (nSPS) is 15.9. The van der Waals surface area contributed by atoms with E-state index in [1.165, 1.54) is 30.0 Å². The lowest BCUT2D eigenvalue weighted by Crippen LogP contribution is -2.25. The number of ketones is 1. The van der Waals surface area contributed by atoms with Gasteiger partial charge in [-0.15, -0.1) is 0 Å². The molecule has 1 aliphatic heterocycles. The minimum absolute atomic E-state index is 0.0780. The van der Waals surface area contributed by atoms with Gasteiger partial charge in [0, 0.05) is 29.7 Å². The molecule has 2 nitrogen and oxygen atoms in total. The van der Waals surface area contributed by atoms with Crippen LogP contribution in [0.5, 0.6) is 0 Å². The number of carbonyl (C=O) groups is 1. The summed E-state index contributed by atoms with van der Waals surface area (Å²) in [5, 5.41) is 0. The maximum atomic E-state index is 13.0. The number of halogens is 1. The summed E-state index contributed by atoms with van der Waals surface area (Å²) >= 11 is 0. The van der Waals surface area contributed by atoms with Gasteiger partial charge < -0.3 is 0 Å². The molecule has 2 aromatic carbocycles. The van der Waals surface area contributed by atoms with Gasteiger partial charge in [-0.3, -0.25) is 4.79 Å². The van der Waals surface area contributed by atoms with Crippen molar-refractivity contribution in [3.8, 4) is 0 Å². The van der Waals surface area contributed by atoms with Gasteiger partial charge in [-0.1, -0.05) is 0 Å². The van der Waals surface area contributed by atoms with Gasteiger partial charge in [0.2, 0.25) is 5.69 Å². The molecule has 3 heteroatoms. The first-order valence-electron chi connectivity index (χ1n) is 7.35. The van der Waals surface area contributed by atoms with E-state index in [0.717, 1.165) is 11.3 Å². The first-order chi connectivity index (χ1) is 10.3. The lowest BCUT2D eigenvalue weighted by Gasteiger charge is -2.15. The standard InChI is InChI=1S/C19H19FNO/c1-12-19(2,3)16-11-14(7-10-17(16)21(12)4)18(22)13-5-8-15(20)9-6-13/h5-11H,1-4H3/q+1. The van der Waals surface area contributed by atoms with E-state index < -0.39 is 0 Å². The Hall–Kier alpha value is -2.29. The van der Waals surface area contributed by atoms with Crippen molar-refractivity contribution in [2.75, 3.05) is 7.05 Å². The van der Waals surface area contributed by atoms with Crippen LogP contribution in [0.15, 0.2) is 42.5 Å². The Kier molecular flexibility index (Phi) is 3.24. The molecule has 0 aromatic heterocycles. The van der Waals surface area contributed by atoms with Crippen molar-refractivity contribution in [2.24, 2.45) is 0 Å². The van der Waals surface area contributed by atoms with Crippen molar-refractivity contribution in [3.05, 3.63) is 65.0 Å². The molecule has 22 heavy (non-hydrogen) atoms. The fraction of sp³-hybridized carbons (Fsp3) is 0.263. The highest BCUT2D eigenvalue weighted by Crippen LogP contribution is 2.39. The molecule has 112 valence electrons. The summed E-state index contributed by atoms with van der Waals surface area (Å²) in [7, 11) is 2.05. The Morgan fingerprint density at radius 1 is 1.05 bits per heavy atom. The SMILES string of the molecule is CC1=[N+](C)c2ccc(C(=O)c3ccc(F)cc3)cc2C1(C)C. The summed E-state index contributed by atoms with van der Waals surface area (Å²) in [5.41, 5.74) is 4.60. The lowest BCUT2D eigenvalue weighted by molar-refractivity contribution is -0.403. The maximum Gasteiger partial charge on any atom is 0.209 e. The van der Waals surface area contributed by atoms with E-state index >= 15 is 0 Å². The Balaban J connectivity index is 2.05. The number of hydrogen-bond donors (Lipinski definition) is 0. The van der Waals surface area contributed by atoms with Gasteiger partial charge in [-0.05, 0) is 50.2 Å². The lowest BCUT2D eigenvalue weighted by atomic mass is 9.81. The number of carbonyl (C=O) groups excluding carboxylic acids is 1. The molecule has 1 aliphatic rings. The van der Waals surface area contributed by atoms with Crippen LogP contribution in [0.3, 0.4) is 0 Å². The van der Waals surface area contributed by atoms with Gasteiger partial charge in [-0.25, -0.2) is 8.97 Å². The highest BCUT2D eigenvalue weighted by atomic mass is 19.1. The van der Waals surface area contributed by atoms with E-state index in [1.54, 1.807) is 0 Å². The first-order valence-corrected chi connectivity index (χ1v) is 7.35. The van der Waals surface area contributed by atoms with Gasteiger partial charge >= 0.3 is 0 Å². The minimum atomic E-state index is -0.335. The quantitative estimate of drug-likeness (QED) is 0.604. The van der Waals surface area contributed by atoms with Gasteiger partial charge in [0.25, 0.3) is 0 Å². The van der Waals surface area contributed by atoms with Gasteiger partial charge in [-0.2, -0.15) is 0 Å². The predicted molar refractivity (Wildman–Crippen MR) is 85.8 cm³/mol. The van der Waals surface area contributed by atoms with Gasteiger partial charge in [0.1, 0.15) is 12.9 Å². The van der Waals surface area contributed by atoms with Crippen molar-refractivity contribution in [1.82, 2.24) is 0 Å². The smallest absolute Gasteiger partial charge is 0.209 e. The highest BCUT2D eigenvalue weighted by Gasteiger charge is 2.41. The van der Waals surface area contributed by atoms with Crippen LogP contribution in [0, 0.1) is 5.82 Å². The van der Waals surface area contributed by atoms with E-state index in [2.05, 4.69) is 25.3 Å². The molecule has 0 fully saturated rings. The Morgan fingerprint density at radius 3 is 2.27 bits per heavy atom. The molecule has 0 radical (unpaired) electrons. The average molecular weight is 296 g/mol. The molecule has 0 amide bonds. The van der Waals surface area contributed by atoms with Crippen molar-refractivity contribution in [3.63, 3.8) is 0 Å². The van der Waals surface area contributed by atoms with E-state index in [0.29, 0.717) is 11.1 Å². The molecule has 0 saturated heterocycles. The molecule has 0 atom stereocenters. The zero-order chi connectivity index (χ0) is 16.1. The van der Waals surface area contributed by atoms with Crippen molar-refractivity contribution in [2.45, 2.75) is 26.2 Å². The molecule has 0 spiro atoms. The van der Waals surface area contributed by atoms with E-state index in [1.807, 2.05) is 25.2 Å². The molecular weight excluding hydrogens is 277 g/mol. The van der Waals surface area contributed by atoms with Crippen LogP contribution in [0.2, 0.25) is 0 Å².